The third-order valence-electron chi connectivity index (χ3n) is 3.44. The molecule has 0 spiro atoms. The minimum Gasteiger partial charge on any atom is -0.462 e. The maximum atomic E-state index is 11.8. The van der Waals surface area contributed by atoms with Crippen LogP contribution in [0.5, 0.6) is 0 Å². The molecule has 0 aromatic rings. The van der Waals surface area contributed by atoms with E-state index in [4.69, 9.17) is 10.5 Å². The monoisotopic (exact) mass is 241 g/mol. The van der Waals surface area contributed by atoms with Gasteiger partial charge in [-0.15, -0.1) is 0 Å². The molecule has 2 N–H and O–H groups in total. The molecule has 1 rings (SSSR count). The van der Waals surface area contributed by atoms with Gasteiger partial charge in [0.05, 0.1) is 0 Å². The van der Waals surface area contributed by atoms with Crippen LogP contribution in [0.3, 0.4) is 0 Å². The molecule has 1 aliphatic carbocycles. The van der Waals surface area contributed by atoms with Gasteiger partial charge in [-0.05, 0) is 50.5 Å². The van der Waals surface area contributed by atoms with Gasteiger partial charge in [-0.2, -0.15) is 0 Å². The highest BCUT2D eigenvalue weighted by atomic mass is 16.5. The molecule has 0 aromatic heterocycles. The maximum absolute atomic E-state index is 11.8. The van der Waals surface area contributed by atoms with Gasteiger partial charge in [-0.25, -0.2) is 0 Å². The van der Waals surface area contributed by atoms with Crippen molar-refractivity contribution < 1.29 is 9.53 Å². The molecule has 1 atom stereocenters. The van der Waals surface area contributed by atoms with Crippen molar-refractivity contribution in [1.82, 2.24) is 0 Å². The predicted octanol–water partition coefficient (Wildman–Crippen LogP) is 2.87. The molecule has 1 saturated carbocycles. The Hall–Kier alpha value is -0.570. The molecular formula is C14H27NO2. The van der Waals surface area contributed by atoms with E-state index in [1.54, 1.807) is 0 Å². The first-order valence-electron chi connectivity index (χ1n) is 7.01. The molecule has 0 aliphatic heterocycles. The predicted molar refractivity (Wildman–Crippen MR) is 69.6 cm³/mol. The summed E-state index contributed by atoms with van der Waals surface area (Å²) in [6.07, 6.45) is 7.45. The first-order valence-corrected chi connectivity index (χ1v) is 7.01. The number of rotatable bonds is 6. The van der Waals surface area contributed by atoms with Gasteiger partial charge in [0.15, 0.2) is 0 Å². The molecule has 0 radical (unpaired) electrons. The van der Waals surface area contributed by atoms with E-state index in [0.29, 0.717) is 18.9 Å². The second-order valence-corrected chi connectivity index (χ2v) is 5.69. The van der Waals surface area contributed by atoms with Crippen LogP contribution < -0.4 is 5.73 Å². The summed E-state index contributed by atoms with van der Waals surface area (Å²) in [7, 11) is 0. The van der Waals surface area contributed by atoms with E-state index in [1.807, 2.05) is 0 Å². The van der Waals surface area contributed by atoms with Crippen LogP contribution in [-0.2, 0) is 9.53 Å². The summed E-state index contributed by atoms with van der Waals surface area (Å²) in [5.41, 5.74) is 5.69. The zero-order chi connectivity index (χ0) is 12.7. The molecule has 1 fully saturated rings. The minimum atomic E-state index is -0.0481. The van der Waals surface area contributed by atoms with E-state index < -0.39 is 0 Å². The lowest BCUT2D eigenvalue weighted by molar-refractivity contribution is -0.151. The van der Waals surface area contributed by atoms with Crippen LogP contribution in [-0.4, -0.2) is 18.6 Å². The van der Waals surface area contributed by atoms with Crippen molar-refractivity contribution >= 4 is 5.97 Å². The van der Waals surface area contributed by atoms with Crippen molar-refractivity contribution in [3.8, 4) is 0 Å². The van der Waals surface area contributed by atoms with Crippen molar-refractivity contribution in [2.24, 2.45) is 17.6 Å². The Kier molecular flexibility index (Phi) is 6.56. The van der Waals surface area contributed by atoms with Gasteiger partial charge in [-0.1, -0.05) is 20.3 Å². The third-order valence-corrected chi connectivity index (χ3v) is 3.44. The van der Waals surface area contributed by atoms with Gasteiger partial charge in [0, 0.05) is 6.42 Å². The smallest absolute Gasteiger partial charge is 0.306 e. The van der Waals surface area contributed by atoms with Crippen LogP contribution in [0.25, 0.3) is 0 Å². The molecule has 0 heterocycles. The molecule has 3 nitrogen and oxygen atoms in total. The summed E-state index contributed by atoms with van der Waals surface area (Å²) < 4.78 is 5.51. The highest BCUT2D eigenvalue weighted by Crippen LogP contribution is 2.22. The number of esters is 1. The van der Waals surface area contributed by atoms with Crippen LogP contribution in [0.4, 0.5) is 0 Å². The molecule has 17 heavy (non-hydrogen) atoms. The Morgan fingerprint density at radius 1 is 1.29 bits per heavy atom. The molecule has 0 bridgehead atoms. The van der Waals surface area contributed by atoms with Gasteiger partial charge in [-0.3, -0.25) is 4.79 Å². The van der Waals surface area contributed by atoms with Crippen molar-refractivity contribution in [2.45, 2.75) is 64.9 Å². The standard InChI is InChI=1S/C14H27NO2/c1-11(2)8-12(10-15)9-14(16)17-13-6-4-3-5-7-13/h11-13H,3-10,15H2,1-2H3/t12-/m0/s1. The van der Waals surface area contributed by atoms with E-state index in [0.717, 1.165) is 19.3 Å². The van der Waals surface area contributed by atoms with Gasteiger partial charge < -0.3 is 10.5 Å². The number of carbonyl (C=O) groups excluding carboxylic acids is 1. The molecule has 0 saturated heterocycles. The average molecular weight is 241 g/mol. The highest BCUT2D eigenvalue weighted by molar-refractivity contribution is 5.69. The van der Waals surface area contributed by atoms with Crippen LogP contribution in [0.2, 0.25) is 0 Å². The van der Waals surface area contributed by atoms with Crippen LogP contribution >= 0.6 is 0 Å². The second-order valence-electron chi connectivity index (χ2n) is 5.69. The van der Waals surface area contributed by atoms with E-state index >= 15 is 0 Å². The fraction of sp³-hybridized carbons (Fsp3) is 0.929. The minimum absolute atomic E-state index is 0.0481. The Morgan fingerprint density at radius 3 is 2.47 bits per heavy atom. The van der Waals surface area contributed by atoms with E-state index in [2.05, 4.69) is 13.8 Å². The molecular weight excluding hydrogens is 214 g/mol. The van der Waals surface area contributed by atoms with Crippen molar-refractivity contribution in [2.75, 3.05) is 6.54 Å². The second kappa shape index (κ2) is 7.70. The average Bonchev–Trinajstić information content (AvgIpc) is 2.28. The molecule has 3 heteroatoms. The van der Waals surface area contributed by atoms with E-state index in [1.165, 1.54) is 19.3 Å². The number of carbonyl (C=O) groups is 1. The van der Waals surface area contributed by atoms with Gasteiger partial charge in [0.2, 0.25) is 0 Å². The zero-order valence-electron chi connectivity index (χ0n) is 11.3. The summed E-state index contributed by atoms with van der Waals surface area (Å²) in [6.45, 7) is 4.90. The molecule has 1 aliphatic rings. The maximum Gasteiger partial charge on any atom is 0.306 e. The Morgan fingerprint density at radius 2 is 1.94 bits per heavy atom. The quantitative estimate of drug-likeness (QED) is 0.727. The van der Waals surface area contributed by atoms with Crippen LogP contribution in [0.1, 0.15) is 58.8 Å². The molecule has 0 unspecified atom stereocenters. The first-order chi connectivity index (χ1) is 8.11. The number of ether oxygens (including phenoxy) is 1. The zero-order valence-corrected chi connectivity index (χ0v) is 11.3. The Balaban J connectivity index is 2.26. The number of hydrogen-bond acceptors (Lipinski definition) is 3. The third kappa shape index (κ3) is 6.06. The fourth-order valence-electron chi connectivity index (χ4n) is 2.58. The largest absolute Gasteiger partial charge is 0.462 e. The van der Waals surface area contributed by atoms with Crippen molar-refractivity contribution in [1.29, 1.82) is 0 Å². The van der Waals surface area contributed by atoms with E-state index in [-0.39, 0.29) is 18.0 Å². The Labute approximate surface area is 105 Å². The number of hydrogen-bond donors (Lipinski definition) is 1. The first kappa shape index (κ1) is 14.5. The normalized spacial score (nSPS) is 19.3. The highest BCUT2D eigenvalue weighted by Gasteiger charge is 2.20. The van der Waals surface area contributed by atoms with Crippen molar-refractivity contribution in [3.05, 3.63) is 0 Å². The topological polar surface area (TPSA) is 52.3 Å². The van der Waals surface area contributed by atoms with Gasteiger partial charge >= 0.3 is 5.97 Å². The van der Waals surface area contributed by atoms with Crippen LogP contribution in [0, 0.1) is 11.8 Å². The summed E-state index contributed by atoms with van der Waals surface area (Å²) in [5.74, 6) is 0.824. The van der Waals surface area contributed by atoms with Gasteiger partial charge in [0.25, 0.3) is 0 Å². The summed E-state index contributed by atoms with van der Waals surface area (Å²) in [4.78, 5) is 11.8. The summed E-state index contributed by atoms with van der Waals surface area (Å²) >= 11 is 0. The molecule has 0 aromatic carbocycles. The van der Waals surface area contributed by atoms with Gasteiger partial charge in [0.1, 0.15) is 6.10 Å². The molecule has 0 amide bonds. The number of nitrogens with two attached hydrogens (primary N) is 1. The lowest BCUT2D eigenvalue weighted by atomic mass is 9.94. The summed E-state index contributed by atoms with van der Waals surface area (Å²) in [5, 5.41) is 0. The SMILES string of the molecule is CC(C)C[C@H](CN)CC(=O)OC1CCCCC1. The fourth-order valence-corrected chi connectivity index (χ4v) is 2.58. The summed E-state index contributed by atoms with van der Waals surface area (Å²) in [6, 6.07) is 0. The lowest BCUT2D eigenvalue weighted by Gasteiger charge is -2.23. The molecule has 100 valence electrons. The van der Waals surface area contributed by atoms with Crippen LogP contribution in [0.15, 0.2) is 0 Å². The van der Waals surface area contributed by atoms with Crippen molar-refractivity contribution in [3.63, 3.8) is 0 Å². The van der Waals surface area contributed by atoms with E-state index in [9.17, 15) is 4.79 Å². The Bertz CT molecular complexity index is 222. The lowest BCUT2D eigenvalue weighted by Crippen LogP contribution is -2.25.